The van der Waals surface area contributed by atoms with Gasteiger partial charge in [0.1, 0.15) is 0 Å². The number of allylic oxidation sites excluding steroid dienone is 4. The summed E-state index contributed by atoms with van der Waals surface area (Å²) in [5, 5.41) is 7.78. The lowest BCUT2D eigenvalue weighted by molar-refractivity contribution is 1.45. The Morgan fingerprint density at radius 3 is 1.94 bits per heavy atom. The molecular weight excluding hydrogens is 420 g/mol. The van der Waals surface area contributed by atoms with Crippen LogP contribution in [0.3, 0.4) is 0 Å². The average Bonchev–Trinajstić information content (AvgIpc) is 2.91. The number of hydrogen-bond acceptors (Lipinski definition) is 0. The second kappa shape index (κ2) is 16.1. The van der Waals surface area contributed by atoms with Crippen molar-refractivity contribution in [3.05, 3.63) is 132 Å². The highest BCUT2D eigenvalue weighted by Gasteiger charge is 1.99. The molecule has 0 N–H and O–H groups in total. The van der Waals surface area contributed by atoms with Crippen LogP contribution in [-0.2, 0) is 0 Å². The van der Waals surface area contributed by atoms with E-state index in [4.69, 9.17) is 0 Å². The first kappa shape index (κ1) is 29.4. The third kappa shape index (κ3) is 8.26. The minimum atomic E-state index is 1.06. The van der Waals surface area contributed by atoms with Crippen LogP contribution in [-0.4, -0.2) is 0 Å². The van der Waals surface area contributed by atoms with Gasteiger partial charge in [-0.3, -0.25) is 0 Å². The van der Waals surface area contributed by atoms with Crippen molar-refractivity contribution in [3.63, 3.8) is 0 Å². The van der Waals surface area contributed by atoms with Gasteiger partial charge in [-0.25, -0.2) is 0 Å². The predicted octanol–water partition coefficient (Wildman–Crippen LogP) is 9.31. The van der Waals surface area contributed by atoms with E-state index in [1.165, 1.54) is 37.5 Å². The van der Waals surface area contributed by atoms with Gasteiger partial charge in [-0.1, -0.05) is 155 Å². The molecular formula is C35H42. The van der Waals surface area contributed by atoms with Crippen LogP contribution in [0.15, 0.2) is 116 Å². The molecule has 0 amide bonds. The van der Waals surface area contributed by atoms with Crippen LogP contribution in [0.4, 0.5) is 0 Å². The second-order valence-electron chi connectivity index (χ2n) is 7.68. The maximum absolute atomic E-state index is 4.02. The number of hydrogen-bond donors (Lipinski definition) is 0. The molecule has 4 rings (SSSR count). The van der Waals surface area contributed by atoms with E-state index < -0.39 is 0 Å². The fourth-order valence-corrected chi connectivity index (χ4v) is 3.74. The molecule has 0 nitrogen and oxygen atoms in total. The molecule has 0 bridgehead atoms. The zero-order chi connectivity index (χ0) is 26.2. The molecule has 0 heteroatoms. The first-order valence-corrected chi connectivity index (χ1v) is 12.6. The Hall–Kier alpha value is -3.64. The number of fused-ring (bicyclic) bond motifs is 3. The average molecular weight is 463 g/mol. The van der Waals surface area contributed by atoms with Crippen LogP contribution in [0, 0.1) is 6.92 Å². The topological polar surface area (TPSA) is 0 Å². The lowest BCUT2D eigenvalue weighted by Crippen LogP contribution is -2.25. The van der Waals surface area contributed by atoms with Gasteiger partial charge in [-0.15, -0.1) is 0 Å². The van der Waals surface area contributed by atoms with Crippen LogP contribution in [0.2, 0.25) is 0 Å². The normalized spacial score (nSPS) is 11.5. The van der Waals surface area contributed by atoms with E-state index in [-0.39, 0.29) is 0 Å². The quantitative estimate of drug-likeness (QED) is 0.210. The van der Waals surface area contributed by atoms with E-state index in [0.717, 1.165) is 11.1 Å². The summed E-state index contributed by atoms with van der Waals surface area (Å²) in [5.74, 6) is 0. The van der Waals surface area contributed by atoms with E-state index in [9.17, 15) is 0 Å². The summed E-state index contributed by atoms with van der Waals surface area (Å²) >= 11 is 0. The van der Waals surface area contributed by atoms with Gasteiger partial charge < -0.3 is 0 Å². The molecule has 35 heavy (non-hydrogen) atoms. The SMILES string of the molecule is C=C\C=C/C(C(=C)C)=c1\cccc\c1=C\C.CC.CC.Cc1ccc2ccc3ccccc3c2c1. The Morgan fingerprint density at radius 1 is 0.743 bits per heavy atom. The zero-order valence-electron chi connectivity index (χ0n) is 22.7. The standard InChI is InChI=1S/C16H18.C15H12.2C2H6/c1-5-7-11-15(13(3)4)16-12-9-8-10-14(16)6-2;1-11-6-7-13-9-8-12-4-2-3-5-14(12)15(13)10-11;2*1-2/h5-12H,1,3H2,2,4H3;2-10H,1H3;2*1-2H3/b11-7-,14-6-,16-15-;;;. The highest BCUT2D eigenvalue weighted by atomic mass is 14.0. The van der Waals surface area contributed by atoms with Crippen LogP contribution in [0.5, 0.6) is 0 Å². The third-order valence-electron chi connectivity index (χ3n) is 5.32. The van der Waals surface area contributed by atoms with Crippen LogP contribution in [0.25, 0.3) is 33.2 Å². The van der Waals surface area contributed by atoms with E-state index >= 15 is 0 Å². The zero-order valence-corrected chi connectivity index (χ0v) is 22.7. The molecule has 182 valence electrons. The molecule has 0 atom stereocenters. The fourth-order valence-electron chi connectivity index (χ4n) is 3.74. The van der Waals surface area contributed by atoms with Gasteiger partial charge in [-0.2, -0.15) is 0 Å². The molecule has 0 unspecified atom stereocenters. The number of benzene rings is 4. The minimum Gasteiger partial charge on any atom is -0.0991 e. The molecule has 0 aromatic heterocycles. The molecule has 0 fully saturated rings. The summed E-state index contributed by atoms with van der Waals surface area (Å²) in [7, 11) is 0. The summed E-state index contributed by atoms with van der Waals surface area (Å²) < 4.78 is 0. The van der Waals surface area contributed by atoms with Gasteiger partial charge in [0, 0.05) is 0 Å². The molecule has 0 aliphatic heterocycles. The third-order valence-corrected chi connectivity index (χ3v) is 5.32. The van der Waals surface area contributed by atoms with E-state index in [1.54, 1.807) is 6.08 Å². The Morgan fingerprint density at radius 2 is 1.31 bits per heavy atom. The summed E-state index contributed by atoms with van der Waals surface area (Å²) in [5.41, 5.74) is 3.54. The lowest BCUT2D eigenvalue weighted by atomic mass is 10.0. The monoisotopic (exact) mass is 462 g/mol. The van der Waals surface area contributed by atoms with Gasteiger partial charge in [0.25, 0.3) is 0 Å². The molecule has 0 saturated carbocycles. The maximum Gasteiger partial charge on any atom is -0.0103 e. The molecule has 0 saturated heterocycles. The van der Waals surface area contributed by atoms with E-state index in [1.807, 2.05) is 59.8 Å². The smallest absolute Gasteiger partial charge is 0.0103 e. The lowest BCUT2D eigenvalue weighted by Gasteiger charge is -2.04. The first-order valence-electron chi connectivity index (χ1n) is 12.6. The second-order valence-corrected chi connectivity index (χ2v) is 7.68. The van der Waals surface area contributed by atoms with Crippen molar-refractivity contribution in [3.8, 4) is 0 Å². The first-order chi connectivity index (χ1) is 17.0. The van der Waals surface area contributed by atoms with Gasteiger partial charge in [0.05, 0.1) is 0 Å². The van der Waals surface area contributed by atoms with E-state index in [2.05, 4.69) is 99.0 Å². The Bertz CT molecular complexity index is 1380. The molecule has 4 aromatic rings. The van der Waals surface area contributed by atoms with Crippen molar-refractivity contribution >= 4 is 33.2 Å². The molecule has 0 heterocycles. The van der Waals surface area contributed by atoms with Crippen molar-refractivity contribution in [1.29, 1.82) is 0 Å². The van der Waals surface area contributed by atoms with Crippen molar-refractivity contribution in [1.82, 2.24) is 0 Å². The van der Waals surface area contributed by atoms with Crippen LogP contribution < -0.4 is 10.4 Å². The largest absolute Gasteiger partial charge is 0.0991 e. The fraction of sp³-hybridized carbons (Fsp3) is 0.200. The van der Waals surface area contributed by atoms with Gasteiger partial charge in [-0.05, 0) is 58.3 Å². The highest BCUT2D eigenvalue weighted by Crippen LogP contribution is 2.25. The van der Waals surface area contributed by atoms with Crippen LogP contribution in [0.1, 0.15) is 47.1 Å². The highest BCUT2D eigenvalue weighted by molar-refractivity contribution is 6.07. The summed E-state index contributed by atoms with van der Waals surface area (Å²) in [6.45, 7) is 21.9. The molecule has 0 aliphatic rings. The van der Waals surface area contributed by atoms with Crippen molar-refractivity contribution < 1.29 is 0 Å². The van der Waals surface area contributed by atoms with Crippen molar-refractivity contribution in [2.75, 3.05) is 0 Å². The Kier molecular flexibility index (Phi) is 13.5. The molecule has 0 radical (unpaired) electrons. The van der Waals surface area contributed by atoms with Gasteiger partial charge >= 0.3 is 0 Å². The van der Waals surface area contributed by atoms with E-state index in [0.29, 0.717) is 0 Å². The maximum atomic E-state index is 4.02. The minimum absolute atomic E-state index is 1.06. The van der Waals surface area contributed by atoms with Crippen molar-refractivity contribution in [2.24, 2.45) is 0 Å². The Labute approximate surface area is 213 Å². The number of rotatable bonds is 3. The number of aryl methyl sites for hydroxylation is 1. The van der Waals surface area contributed by atoms with Crippen molar-refractivity contribution in [2.45, 2.75) is 48.5 Å². The summed E-state index contributed by atoms with van der Waals surface area (Å²) in [4.78, 5) is 0. The molecule has 0 spiro atoms. The van der Waals surface area contributed by atoms with Gasteiger partial charge in [0.15, 0.2) is 0 Å². The summed E-state index contributed by atoms with van der Waals surface area (Å²) in [6.07, 6.45) is 7.88. The summed E-state index contributed by atoms with van der Waals surface area (Å²) in [6, 6.07) is 27.9. The van der Waals surface area contributed by atoms with Crippen LogP contribution >= 0.6 is 0 Å². The molecule has 4 aromatic carbocycles. The molecule has 0 aliphatic carbocycles. The van der Waals surface area contributed by atoms with Gasteiger partial charge in [0.2, 0.25) is 0 Å². The predicted molar refractivity (Wildman–Crippen MR) is 162 cm³/mol. The Balaban J connectivity index is 0.000000307.